The number of hydrogen-bond donors (Lipinski definition) is 0. The zero-order valence-corrected chi connectivity index (χ0v) is 14.1. The Bertz CT molecular complexity index is 720. The Morgan fingerprint density at radius 2 is 2.04 bits per heavy atom. The fourth-order valence-electron chi connectivity index (χ4n) is 3.24. The molecule has 1 atom stereocenters. The first kappa shape index (κ1) is 16.4. The van der Waals surface area contributed by atoms with Crippen LogP contribution in [-0.2, 0) is 6.54 Å². The molecule has 2 aromatic rings. The van der Waals surface area contributed by atoms with Crippen molar-refractivity contribution < 1.29 is 4.92 Å². The summed E-state index contributed by atoms with van der Waals surface area (Å²) in [5.74, 6) is 0.824. The molecule has 1 fully saturated rings. The summed E-state index contributed by atoms with van der Waals surface area (Å²) in [4.78, 5) is 19.5. The molecule has 6 heteroatoms. The minimum absolute atomic E-state index is 0.0779. The third-order valence-corrected chi connectivity index (χ3v) is 4.52. The smallest absolute Gasteiger partial charge is 0.290 e. The van der Waals surface area contributed by atoms with Crippen LogP contribution in [0.1, 0.15) is 18.1 Å². The Labute approximate surface area is 141 Å². The Morgan fingerprint density at radius 3 is 2.67 bits per heavy atom. The molecule has 126 valence electrons. The Balaban J connectivity index is 1.67. The topological polar surface area (TPSA) is 62.5 Å². The van der Waals surface area contributed by atoms with E-state index in [0.29, 0.717) is 11.6 Å². The molecule has 1 saturated heterocycles. The standard InChI is InChI=1S/C18H22N4O2/c1-14-10-18(19-11-17(14)22(23)24)21-9-8-20(12-15(21)2)13-16-6-4-3-5-7-16/h3-7,10-11,15H,8-9,12-13H2,1-2H3/t15-/m0/s1. The highest BCUT2D eigenvalue weighted by Crippen LogP contribution is 2.24. The van der Waals surface area contributed by atoms with Gasteiger partial charge in [-0.25, -0.2) is 4.98 Å². The molecule has 0 radical (unpaired) electrons. The predicted octanol–water partition coefficient (Wildman–Crippen LogP) is 3.01. The quantitative estimate of drug-likeness (QED) is 0.638. The van der Waals surface area contributed by atoms with Gasteiger partial charge in [-0.2, -0.15) is 0 Å². The minimum atomic E-state index is -0.382. The molecular weight excluding hydrogens is 304 g/mol. The Morgan fingerprint density at radius 1 is 1.29 bits per heavy atom. The van der Waals surface area contributed by atoms with E-state index in [0.717, 1.165) is 32.0 Å². The van der Waals surface area contributed by atoms with E-state index >= 15 is 0 Å². The summed E-state index contributed by atoms with van der Waals surface area (Å²) in [5.41, 5.74) is 2.06. The van der Waals surface area contributed by atoms with Gasteiger partial charge in [-0.15, -0.1) is 0 Å². The number of nitrogens with zero attached hydrogens (tertiary/aromatic N) is 4. The third-order valence-electron chi connectivity index (χ3n) is 4.52. The van der Waals surface area contributed by atoms with Gasteiger partial charge in [-0.3, -0.25) is 15.0 Å². The highest BCUT2D eigenvalue weighted by molar-refractivity contribution is 5.49. The third kappa shape index (κ3) is 3.54. The molecule has 0 aliphatic carbocycles. The molecule has 1 aliphatic rings. The van der Waals surface area contributed by atoms with Crippen LogP contribution in [0.15, 0.2) is 42.6 Å². The molecular formula is C18H22N4O2. The van der Waals surface area contributed by atoms with Gasteiger partial charge in [-0.05, 0) is 25.5 Å². The van der Waals surface area contributed by atoms with Gasteiger partial charge in [0.2, 0.25) is 0 Å². The Kier molecular flexibility index (Phi) is 4.76. The molecule has 0 bridgehead atoms. The van der Waals surface area contributed by atoms with Crippen molar-refractivity contribution in [3.8, 4) is 0 Å². The molecule has 1 aliphatic heterocycles. The molecule has 6 nitrogen and oxygen atoms in total. The van der Waals surface area contributed by atoms with Gasteiger partial charge < -0.3 is 4.90 Å². The van der Waals surface area contributed by atoms with Crippen LogP contribution < -0.4 is 4.90 Å². The summed E-state index contributed by atoms with van der Waals surface area (Å²) in [5, 5.41) is 10.9. The number of pyridine rings is 1. The largest absolute Gasteiger partial charge is 0.351 e. The van der Waals surface area contributed by atoms with Gasteiger partial charge in [0.15, 0.2) is 0 Å². The maximum atomic E-state index is 10.9. The van der Waals surface area contributed by atoms with Crippen molar-refractivity contribution in [2.45, 2.75) is 26.4 Å². The van der Waals surface area contributed by atoms with Gasteiger partial charge >= 0.3 is 0 Å². The van der Waals surface area contributed by atoms with Crippen LogP contribution in [0.5, 0.6) is 0 Å². The molecule has 0 saturated carbocycles. The lowest BCUT2D eigenvalue weighted by molar-refractivity contribution is -0.385. The number of piperazine rings is 1. The summed E-state index contributed by atoms with van der Waals surface area (Å²) in [6.45, 7) is 7.67. The number of rotatable bonds is 4. The molecule has 0 unspecified atom stereocenters. The normalized spacial score (nSPS) is 18.6. The van der Waals surface area contributed by atoms with Crippen molar-refractivity contribution >= 4 is 11.5 Å². The van der Waals surface area contributed by atoms with E-state index in [4.69, 9.17) is 0 Å². The average Bonchev–Trinajstić information content (AvgIpc) is 2.55. The van der Waals surface area contributed by atoms with Crippen LogP contribution in [0.4, 0.5) is 11.5 Å². The van der Waals surface area contributed by atoms with Crippen molar-refractivity contribution in [1.82, 2.24) is 9.88 Å². The van der Waals surface area contributed by atoms with Crippen LogP contribution in [0, 0.1) is 17.0 Å². The van der Waals surface area contributed by atoms with Crippen molar-refractivity contribution in [2.75, 3.05) is 24.5 Å². The van der Waals surface area contributed by atoms with Crippen LogP contribution in [0.25, 0.3) is 0 Å². The zero-order valence-electron chi connectivity index (χ0n) is 14.1. The van der Waals surface area contributed by atoms with Crippen LogP contribution in [0.3, 0.4) is 0 Å². The van der Waals surface area contributed by atoms with E-state index < -0.39 is 0 Å². The summed E-state index contributed by atoms with van der Waals surface area (Å²) < 4.78 is 0. The van der Waals surface area contributed by atoms with E-state index in [-0.39, 0.29) is 10.6 Å². The van der Waals surface area contributed by atoms with Gasteiger partial charge in [0.1, 0.15) is 12.0 Å². The highest BCUT2D eigenvalue weighted by atomic mass is 16.6. The van der Waals surface area contributed by atoms with Gasteiger partial charge in [0.25, 0.3) is 5.69 Å². The zero-order chi connectivity index (χ0) is 17.1. The molecule has 24 heavy (non-hydrogen) atoms. The predicted molar refractivity (Wildman–Crippen MR) is 94.2 cm³/mol. The van der Waals surface area contributed by atoms with Crippen LogP contribution in [0.2, 0.25) is 0 Å². The van der Waals surface area contributed by atoms with E-state index in [1.165, 1.54) is 11.8 Å². The monoisotopic (exact) mass is 326 g/mol. The number of benzene rings is 1. The summed E-state index contributed by atoms with van der Waals surface area (Å²) in [6, 6.07) is 12.6. The summed E-state index contributed by atoms with van der Waals surface area (Å²) in [7, 11) is 0. The van der Waals surface area contributed by atoms with Gasteiger partial charge in [0.05, 0.1) is 4.92 Å². The number of hydrogen-bond acceptors (Lipinski definition) is 5. The maximum absolute atomic E-state index is 10.9. The number of anilines is 1. The second-order valence-electron chi connectivity index (χ2n) is 6.35. The summed E-state index contributed by atoms with van der Waals surface area (Å²) in [6.07, 6.45) is 1.37. The molecule has 1 aromatic carbocycles. The molecule has 2 heterocycles. The lowest BCUT2D eigenvalue weighted by atomic mass is 10.1. The highest BCUT2D eigenvalue weighted by Gasteiger charge is 2.25. The Hall–Kier alpha value is -2.47. The van der Waals surface area contributed by atoms with Crippen molar-refractivity contribution in [3.05, 3.63) is 63.8 Å². The fourth-order valence-corrected chi connectivity index (χ4v) is 3.24. The fraction of sp³-hybridized carbons (Fsp3) is 0.389. The molecule has 0 spiro atoms. The van der Waals surface area contributed by atoms with Crippen molar-refractivity contribution in [3.63, 3.8) is 0 Å². The second-order valence-corrected chi connectivity index (χ2v) is 6.35. The maximum Gasteiger partial charge on any atom is 0.290 e. The molecule has 1 aromatic heterocycles. The van der Waals surface area contributed by atoms with Crippen LogP contribution >= 0.6 is 0 Å². The minimum Gasteiger partial charge on any atom is -0.351 e. The van der Waals surface area contributed by atoms with E-state index in [9.17, 15) is 10.1 Å². The second kappa shape index (κ2) is 6.97. The number of nitro groups is 1. The number of aromatic nitrogens is 1. The van der Waals surface area contributed by atoms with Crippen molar-refractivity contribution in [2.24, 2.45) is 0 Å². The number of aryl methyl sites for hydroxylation is 1. The first-order valence-corrected chi connectivity index (χ1v) is 8.18. The average molecular weight is 326 g/mol. The van der Waals surface area contributed by atoms with E-state index in [2.05, 4.69) is 46.0 Å². The van der Waals surface area contributed by atoms with Gasteiger partial charge in [0, 0.05) is 37.8 Å². The first-order chi connectivity index (χ1) is 11.5. The lowest BCUT2D eigenvalue weighted by Crippen LogP contribution is -2.51. The first-order valence-electron chi connectivity index (χ1n) is 8.18. The van der Waals surface area contributed by atoms with Crippen LogP contribution in [-0.4, -0.2) is 40.5 Å². The van der Waals surface area contributed by atoms with Crippen molar-refractivity contribution in [1.29, 1.82) is 0 Å². The molecule has 0 N–H and O–H groups in total. The lowest BCUT2D eigenvalue weighted by Gasteiger charge is -2.40. The SMILES string of the molecule is Cc1cc(N2CCN(Cc3ccccc3)C[C@@H]2C)ncc1[N+](=O)[O-]. The van der Waals surface area contributed by atoms with Gasteiger partial charge in [-0.1, -0.05) is 30.3 Å². The summed E-state index contributed by atoms with van der Waals surface area (Å²) >= 11 is 0. The van der Waals surface area contributed by atoms with E-state index in [1.807, 2.05) is 12.1 Å². The van der Waals surface area contributed by atoms with E-state index in [1.54, 1.807) is 6.92 Å². The molecule has 3 rings (SSSR count). The molecule has 0 amide bonds.